The summed E-state index contributed by atoms with van der Waals surface area (Å²) in [4.78, 5) is 9.34. The number of fused-ring (bicyclic) bond motifs is 3. The maximum absolute atomic E-state index is 6.14. The molecule has 6 rings (SSSR count). The molecule has 47 heavy (non-hydrogen) atoms. The Balaban J connectivity index is 0.000000212. The molecule has 1 radical (unpaired) electrons. The topological polar surface area (TPSA) is 38.9 Å². The molecule has 0 N–H and O–H groups in total. The van der Waals surface area contributed by atoms with Gasteiger partial charge in [0.1, 0.15) is 5.58 Å². The van der Waals surface area contributed by atoms with Crippen molar-refractivity contribution in [2.24, 2.45) is 5.41 Å². The zero-order chi connectivity index (χ0) is 33.1. The van der Waals surface area contributed by atoms with Gasteiger partial charge >= 0.3 is 132 Å². The SMILES string of the molecule is CC(C)(C)Cc1cc(-c2[c-]cccc2)nc[c]1[Ge]([CH3])([CH3])[CH3].CCC(C)(CC)c1ccnc(-c2[c-]ccc3c2oc2ccccc23)c1.[Ir]. The Hall–Kier alpha value is -3.05. The Morgan fingerprint density at radius 3 is 2.15 bits per heavy atom. The number of hydrogen-bond acceptors (Lipinski definition) is 3. The van der Waals surface area contributed by atoms with Crippen LogP contribution in [0.2, 0.25) is 17.3 Å². The zero-order valence-corrected chi connectivity index (χ0v) is 33.9. The Morgan fingerprint density at radius 1 is 0.766 bits per heavy atom. The number of aromatic nitrogens is 2. The summed E-state index contributed by atoms with van der Waals surface area (Å²) >= 11 is -1.90. The van der Waals surface area contributed by atoms with Gasteiger partial charge in [-0.1, -0.05) is 56.0 Å². The van der Waals surface area contributed by atoms with Crippen LogP contribution in [0.1, 0.15) is 65.5 Å². The van der Waals surface area contributed by atoms with E-state index in [9.17, 15) is 0 Å². The molecule has 5 heteroatoms. The monoisotopic (exact) mass is 863 g/mol. The number of rotatable bonds is 7. The molecular weight excluding hydrogens is 813 g/mol. The van der Waals surface area contributed by atoms with Gasteiger partial charge in [-0.3, -0.25) is 0 Å². The molecule has 0 saturated carbocycles. The first-order valence-corrected chi connectivity index (χ1v) is 23.9. The molecule has 0 unspecified atom stereocenters. The van der Waals surface area contributed by atoms with E-state index in [2.05, 4.69) is 119 Å². The summed E-state index contributed by atoms with van der Waals surface area (Å²) in [5.74, 6) is 7.33. The van der Waals surface area contributed by atoms with Crippen LogP contribution in [0, 0.1) is 17.5 Å². The molecule has 0 atom stereocenters. The van der Waals surface area contributed by atoms with Crippen LogP contribution in [0.25, 0.3) is 44.5 Å². The molecule has 3 aromatic heterocycles. The van der Waals surface area contributed by atoms with Gasteiger partial charge < -0.3 is 9.40 Å². The summed E-state index contributed by atoms with van der Waals surface area (Å²) in [6.07, 6.45) is 7.35. The van der Waals surface area contributed by atoms with E-state index in [4.69, 9.17) is 9.40 Å². The van der Waals surface area contributed by atoms with Crippen molar-refractivity contribution in [3.05, 3.63) is 115 Å². The maximum atomic E-state index is 6.14. The molecule has 0 spiro atoms. The van der Waals surface area contributed by atoms with Gasteiger partial charge in [-0.25, -0.2) is 0 Å². The van der Waals surface area contributed by atoms with E-state index in [1.54, 1.807) is 0 Å². The third-order valence-electron chi connectivity index (χ3n) is 9.12. The van der Waals surface area contributed by atoms with Gasteiger partial charge in [-0.05, 0) is 41.6 Å². The van der Waals surface area contributed by atoms with E-state index in [0.29, 0.717) is 5.41 Å². The molecule has 6 aromatic rings. The second kappa shape index (κ2) is 15.0. The molecule has 0 bridgehead atoms. The standard InChI is InChI=1S/C23H22NO.C19H26GeN.Ir/c1-4-23(3,5-2)16-13-14-24-20(15-16)19-11-8-10-18-17-9-6-7-12-21(17)25-22(18)19;1-19(2,3)13-16-12-18(15-10-8-7-9-11-15)21-14-17(16)20(4,5)6;/h6-10,12-15H,4-5H2,1-3H3;7-10,12,14H,13H2,1-6H3;/q2*-1;. The van der Waals surface area contributed by atoms with Gasteiger partial charge in [0.2, 0.25) is 0 Å². The number of benzene rings is 3. The average molecular weight is 862 g/mol. The van der Waals surface area contributed by atoms with Gasteiger partial charge in [0, 0.05) is 31.7 Å². The Kier molecular flexibility index (Phi) is 11.8. The number of furan rings is 1. The number of pyridine rings is 2. The van der Waals surface area contributed by atoms with Crippen LogP contribution in [0.5, 0.6) is 0 Å². The quantitative estimate of drug-likeness (QED) is 0.119. The number of nitrogens with zero attached hydrogens (tertiary/aromatic N) is 2. The summed E-state index contributed by atoms with van der Waals surface area (Å²) in [5.41, 5.74) is 9.03. The maximum Gasteiger partial charge on any atom is 0.120 e. The average Bonchev–Trinajstić information content (AvgIpc) is 3.43. The van der Waals surface area contributed by atoms with E-state index >= 15 is 0 Å². The van der Waals surface area contributed by atoms with Crippen molar-refractivity contribution in [2.75, 3.05) is 0 Å². The first-order valence-electron chi connectivity index (χ1n) is 16.6. The fourth-order valence-electron chi connectivity index (χ4n) is 6.07. The Bertz CT molecular complexity index is 1930. The summed E-state index contributed by atoms with van der Waals surface area (Å²) < 4.78 is 7.68. The molecule has 0 amide bonds. The van der Waals surface area contributed by atoms with Crippen LogP contribution >= 0.6 is 0 Å². The van der Waals surface area contributed by atoms with Crippen LogP contribution in [0.15, 0.2) is 95.7 Å². The van der Waals surface area contributed by atoms with Crippen molar-refractivity contribution in [1.82, 2.24) is 9.97 Å². The third kappa shape index (κ3) is 8.52. The van der Waals surface area contributed by atoms with Crippen LogP contribution in [0.4, 0.5) is 0 Å². The van der Waals surface area contributed by atoms with Crippen LogP contribution < -0.4 is 4.40 Å². The zero-order valence-electron chi connectivity index (χ0n) is 29.4. The molecule has 3 heterocycles. The van der Waals surface area contributed by atoms with E-state index < -0.39 is 13.3 Å². The van der Waals surface area contributed by atoms with E-state index in [-0.39, 0.29) is 25.5 Å². The molecule has 0 fully saturated rings. The van der Waals surface area contributed by atoms with Gasteiger partial charge in [-0.2, -0.15) is 0 Å². The van der Waals surface area contributed by atoms with Crippen molar-refractivity contribution >= 4 is 39.6 Å². The molecular formula is C42H48GeIrN2O-2. The van der Waals surface area contributed by atoms with Gasteiger partial charge in [0.15, 0.2) is 0 Å². The fraction of sp³-hybridized carbons (Fsp3) is 0.333. The molecule has 3 aromatic carbocycles. The minimum atomic E-state index is -1.90. The van der Waals surface area contributed by atoms with Gasteiger partial charge in [0.25, 0.3) is 0 Å². The van der Waals surface area contributed by atoms with E-state index in [1.165, 1.54) is 15.5 Å². The Morgan fingerprint density at radius 2 is 1.49 bits per heavy atom. The summed E-state index contributed by atoms with van der Waals surface area (Å²) in [7, 11) is 0. The van der Waals surface area contributed by atoms with E-state index in [0.717, 1.165) is 63.7 Å². The van der Waals surface area contributed by atoms with Crippen LogP contribution in [-0.4, -0.2) is 23.2 Å². The number of para-hydroxylation sites is 1. The van der Waals surface area contributed by atoms with E-state index in [1.807, 2.05) is 48.7 Å². The molecule has 0 aliphatic rings. The molecule has 0 aliphatic carbocycles. The molecule has 247 valence electrons. The second-order valence-corrected chi connectivity index (χ2v) is 25.5. The van der Waals surface area contributed by atoms with Gasteiger partial charge in [-0.15, -0.1) is 18.2 Å². The number of hydrogen-bond donors (Lipinski definition) is 0. The molecule has 0 saturated heterocycles. The predicted molar refractivity (Wildman–Crippen MR) is 198 cm³/mol. The first-order chi connectivity index (χ1) is 21.8. The van der Waals surface area contributed by atoms with Gasteiger partial charge in [0.05, 0.1) is 5.58 Å². The second-order valence-electron chi connectivity index (χ2n) is 14.9. The molecule has 0 aliphatic heterocycles. The summed E-state index contributed by atoms with van der Waals surface area (Å²) in [6.45, 7) is 13.7. The predicted octanol–water partition coefficient (Wildman–Crippen LogP) is 11.2. The fourth-order valence-corrected chi connectivity index (χ4v) is 9.38. The van der Waals surface area contributed by atoms with Crippen molar-refractivity contribution < 1.29 is 24.5 Å². The van der Waals surface area contributed by atoms with Crippen LogP contribution in [-0.2, 0) is 31.9 Å². The normalized spacial score (nSPS) is 12.0. The van der Waals surface area contributed by atoms with Crippen molar-refractivity contribution in [3.8, 4) is 22.5 Å². The van der Waals surface area contributed by atoms with Crippen molar-refractivity contribution in [2.45, 2.75) is 83.5 Å². The first kappa shape index (κ1) is 36.8. The van der Waals surface area contributed by atoms with Crippen LogP contribution in [0.3, 0.4) is 0 Å². The minimum absolute atomic E-state index is 0. The smallest absolute Gasteiger partial charge is 0.120 e. The largest absolute Gasteiger partial charge is 0.501 e. The van der Waals surface area contributed by atoms with Crippen molar-refractivity contribution in [1.29, 1.82) is 0 Å². The van der Waals surface area contributed by atoms with Crippen molar-refractivity contribution in [3.63, 3.8) is 0 Å². The minimum Gasteiger partial charge on any atom is -0.501 e. The summed E-state index contributed by atoms with van der Waals surface area (Å²) in [6, 6.07) is 33.5. The Labute approximate surface area is 298 Å². The summed E-state index contributed by atoms with van der Waals surface area (Å²) in [5, 5.41) is 2.25. The molecule has 3 nitrogen and oxygen atoms in total. The third-order valence-corrected chi connectivity index (χ3v) is 13.5.